The number of nitrogens with zero attached hydrogens (tertiary/aromatic N) is 4. The summed E-state index contributed by atoms with van der Waals surface area (Å²) in [4.78, 5) is 25.4. The number of rotatable bonds is 4. The highest BCUT2D eigenvalue weighted by molar-refractivity contribution is 5.92. The Morgan fingerprint density at radius 2 is 1.85 bits per heavy atom. The monoisotopic (exact) mass is 276 g/mol. The SMILES string of the molecule is CCN(CC)c1nc(C)cc(C(=O)N2CCCCC2)n1. The number of piperidine rings is 1. The highest BCUT2D eigenvalue weighted by Crippen LogP contribution is 2.15. The molecule has 1 fully saturated rings. The second kappa shape index (κ2) is 6.68. The minimum Gasteiger partial charge on any atom is -0.341 e. The van der Waals surface area contributed by atoms with Crippen LogP contribution < -0.4 is 4.90 Å². The first-order chi connectivity index (χ1) is 9.65. The molecule has 0 radical (unpaired) electrons. The second-order valence-electron chi connectivity index (χ2n) is 5.22. The molecule has 0 aliphatic carbocycles. The van der Waals surface area contributed by atoms with E-state index >= 15 is 0 Å². The van der Waals surface area contributed by atoms with Crippen molar-refractivity contribution in [1.82, 2.24) is 14.9 Å². The number of anilines is 1. The molecule has 1 aromatic rings. The summed E-state index contributed by atoms with van der Waals surface area (Å²) in [5.74, 6) is 0.707. The highest BCUT2D eigenvalue weighted by atomic mass is 16.2. The first kappa shape index (κ1) is 14.8. The topological polar surface area (TPSA) is 49.3 Å². The molecule has 0 spiro atoms. The Labute approximate surface area is 121 Å². The van der Waals surface area contributed by atoms with Crippen molar-refractivity contribution in [2.45, 2.75) is 40.0 Å². The molecule has 0 N–H and O–H groups in total. The first-order valence-electron chi connectivity index (χ1n) is 7.55. The van der Waals surface area contributed by atoms with Crippen molar-refractivity contribution >= 4 is 11.9 Å². The Balaban J connectivity index is 2.24. The third kappa shape index (κ3) is 3.26. The maximum atomic E-state index is 12.5. The zero-order valence-corrected chi connectivity index (χ0v) is 12.7. The fraction of sp³-hybridized carbons (Fsp3) is 0.667. The van der Waals surface area contributed by atoms with Gasteiger partial charge in [0.1, 0.15) is 5.69 Å². The third-order valence-corrected chi connectivity index (χ3v) is 3.75. The lowest BCUT2D eigenvalue weighted by Crippen LogP contribution is -2.36. The van der Waals surface area contributed by atoms with Crippen LogP contribution in [0.25, 0.3) is 0 Å². The molecule has 0 unspecified atom stereocenters. The average Bonchev–Trinajstić information content (AvgIpc) is 2.48. The summed E-state index contributed by atoms with van der Waals surface area (Å²) in [5.41, 5.74) is 1.38. The van der Waals surface area contributed by atoms with Gasteiger partial charge in [-0.1, -0.05) is 0 Å². The summed E-state index contributed by atoms with van der Waals surface area (Å²) in [5, 5.41) is 0. The fourth-order valence-electron chi connectivity index (χ4n) is 2.57. The van der Waals surface area contributed by atoms with Gasteiger partial charge in [0.05, 0.1) is 0 Å². The van der Waals surface area contributed by atoms with Crippen LogP contribution in [-0.4, -0.2) is 47.0 Å². The molecule has 1 amide bonds. The molecule has 0 saturated carbocycles. The van der Waals surface area contributed by atoms with E-state index in [2.05, 4.69) is 28.7 Å². The van der Waals surface area contributed by atoms with E-state index in [1.807, 2.05) is 11.8 Å². The van der Waals surface area contributed by atoms with Gasteiger partial charge in [0.2, 0.25) is 5.95 Å². The number of hydrogen-bond donors (Lipinski definition) is 0. The molecule has 1 aliphatic heterocycles. The van der Waals surface area contributed by atoms with Crippen molar-refractivity contribution in [2.24, 2.45) is 0 Å². The molecule has 5 heteroatoms. The third-order valence-electron chi connectivity index (χ3n) is 3.75. The van der Waals surface area contributed by atoms with Gasteiger partial charge in [0.15, 0.2) is 0 Å². The van der Waals surface area contributed by atoms with Crippen molar-refractivity contribution in [3.05, 3.63) is 17.5 Å². The van der Waals surface area contributed by atoms with E-state index < -0.39 is 0 Å². The molecular formula is C15H24N4O. The lowest BCUT2D eigenvalue weighted by atomic mass is 10.1. The zero-order chi connectivity index (χ0) is 14.5. The average molecular weight is 276 g/mol. The van der Waals surface area contributed by atoms with E-state index in [4.69, 9.17) is 0 Å². The molecule has 110 valence electrons. The Morgan fingerprint density at radius 1 is 1.20 bits per heavy atom. The van der Waals surface area contributed by atoms with Gasteiger partial charge in [-0.15, -0.1) is 0 Å². The standard InChI is InChI=1S/C15H24N4O/c1-4-18(5-2)15-16-12(3)11-13(17-15)14(20)19-9-7-6-8-10-19/h11H,4-10H2,1-3H3. The molecule has 20 heavy (non-hydrogen) atoms. The molecule has 5 nitrogen and oxygen atoms in total. The van der Waals surface area contributed by atoms with E-state index in [1.54, 1.807) is 6.07 Å². The predicted octanol–water partition coefficient (Wildman–Crippen LogP) is 2.26. The summed E-state index contributed by atoms with van der Waals surface area (Å²) in [6.07, 6.45) is 3.41. The van der Waals surface area contributed by atoms with E-state index in [0.717, 1.165) is 44.7 Å². The largest absolute Gasteiger partial charge is 0.341 e. The molecule has 2 heterocycles. The summed E-state index contributed by atoms with van der Waals surface area (Å²) in [7, 11) is 0. The number of aryl methyl sites for hydroxylation is 1. The summed E-state index contributed by atoms with van der Waals surface area (Å²) in [6, 6.07) is 1.80. The quantitative estimate of drug-likeness (QED) is 0.846. The van der Waals surface area contributed by atoms with Crippen LogP contribution in [0.5, 0.6) is 0 Å². The minimum absolute atomic E-state index is 0.0450. The molecule has 1 aromatic heterocycles. The number of likely N-dealkylation sites (tertiary alicyclic amines) is 1. The van der Waals surface area contributed by atoms with Crippen molar-refractivity contribution in [1.29, 1.82) is 0 Å². The van der Waals surface area contributed by atoms with Crippen LogP contribution in [0.3, 0.4) is 0 Å². The van der Waals surface area contributed by atoms with Gasteiger partial charge in [-0.3, -0.25) is 4.79 Å². The smallest absolute Gasteiger partial charge is 0.272 e. The van der Waals surface area contributed by atoms with Crippen molar-refractivity contribution in [2.75, 3.05) is 31.1 Å². The summed E-state index contributed by atoms with van der Waals surface area (Å²) >= 11 is 0. The number of carbonyl (C=O) groups is 1. The van der Waals surface area contributed by atoms with E-state index in [-0.39, 0.29) is 5.91 Å². The predicted molar refractivity (Wildman–Crippen MR) is 80.1 cm³/mol. The van der Waals surface area contributed by atoms with Crippen molar-refractivity contribution in [3.8, 4) is 0 Å². The van der Waals surface area contributed by atoms with Gasteiger partial charge in [0, 0.05) is 31.9 Å². The number of hydrogen-bond acceptors (Lipinski definition) is 4. The van der Waals surface area contributed by atoms with Crippen LogP contribution >= 0.6 is 0 Å². The van der Waals surface area contributed by atoms with Crippen LogP contribution in [0.15, 0.2) is 6.07 Å². The minimum atomic E-state index is 0.0450. The Hall–Kier alpha value is -1.65. The van der Waals surface area contributed by atoms with Crippen LogP contribution in [0.4, 0.5) is 5.95 Å². The molecule has 0 aromatic carbocycles. The molecule has 2 rings (SSSR count). The van der Waals surface area contributed by atoms with E-state index in [9.17, 15) is 4.79 Å². The van der Waals surface area contributed by atoms with Crippen molar-refractivity contribution in [3.63, 3.8) is 0 Å². The highest BCUT2D eigenvalue weighted by Gasteiger charge is 2.21. The molecule has 0 atom stereocenters. The van der Waals surface area contributed by atoms with Gasteiger partial charge < -0.3 is 9.80 Å². The van der Waals surface area contributed by atoms with Gasteiger partial charge in [0.25, 0.3) is 5.91 Å². The van der Waals surface area contributed by atoms with Gasteiger partial charge >= 0.3 is 0 Å². The number of aromatic nitrogens is 2. The maximum Gasteiger partial charge on any atom is 0.272 e. The normalized spacial score (nSPS) is 15.2. The van der Waals surface area contributed by atoms with E-state index in [1.165, 1.54) is 6.42 Å². The summed E-state index contributed by atoms with van der Waals surface area (Å²) < 4.78 is 0. The summed E-state index contributed by atoms with van der Waals surface area (Å²) in [6.45, 7) is 9.45. The lowest BCUT2D eigenvalue weighted by molar-refractivity contribution is 0.0718. The van der Waals surface area contributed by atoms with Gasteiger partial charge in [-0.2, -0.15) is 0 Å². The molecule has 1 saturated heterocycles. The second-order valence-corrected chi connectivity index (χ2v) is 5.22. The van der Waals surface area contributed by atoms with Gasteiger partial charge in [-0.25, -0.2) is 9.97 Å². The van der Waals surface area contributed by atoms with Crippen molar-refractivity contribution < 1.29 is 4.79 Å². The Kier molecular flexibility index (Phi) is 4.93. The lowest BCUT2D eigenvalue weighted by Gasteiger charge is -2.27. The van der Waals surface area contributed by atoms with E-state index in [0.29, 0.717) is 11.6 Å². The maximum absolute atomic E-state index is 12.5. The Bertz CT molecular complexity index is 465. The van der Waals surface area contributed by atoms with Crippen LogP contribution in [0, 0.1) is 6.92 Å². The fourth-order valence-corrected chi connectivity index (χ4v) is 2.57. The number of carbonyl (C=O) groups excluding carboxylic acids is 1. The molecule has 0 bridgehead atoms. The molecule has 1 aliphatic rings. The zero-order valence-electron chi connectivity index (χ0n) is 12.7. The van der Waals surface area contributed by atoms with Crippen LogP contribution in [0.1, 0.15) is 49.3 Å². The van der Waals surface area contributed by atoms with Crippen LogP contribution in [0.2, 0.25) is 0 Å². The molecular weight excluding hydrogens is 252 g/mol. The first-order valence-corrected chi connectivity index (χ1v) is 7.55. The number of amides is 1. The van der Waals surface area contributed by atoms with Gasteiger partial charge in [-0.05, 0) is 46.1 Å². The Morgan fingerprint density at radius 3 is 2.45 bits per heavy atom. The van der Waals surface area contributed by atoms with Crippen LogP contribution in [-0.2, 0) is 0 Å².